The van der Waals surface area contributed by atoms with Crippen LogP contribution in [0.25, 0.3) is 0 Å². The van der Waals surface area contributed by atoms with Gasteiger partial charge in [0.05, 0.1) is 18.6 Å². The molecule has 0 fully saturated rings. The molecular formula is C21H28N2O4S. The van der Waals surface area contributed by atoms with Gasteiger partial charge in [0.1, 0.15) is 5.75 Å². The molecule has 7 heteroatoms. The van der Waals surface area contributed by atoms with Crippen molar-refractivity contribution < 1.29 is 17.9 Å². The topological polar surface area (TPSA) is 75.7 Å². The van der Waals surface area contributed by atoms with Gasteiger partial charge >= 0.3 is 0 Å². The van der Waals surface area contributed by atoms with E-state index in [0.717, 1.165) is 23.9 Å². The van der Waals surface area contributed by atoms with Crippen molar-refractivity contribution in [2.45, 2.75) is 33.1 Å². The second-order valence-corrected chi connectivity index (χ2v) is 8.31. The molecule has 0 aliphatic rings. The fraction of sp³-hybridized carbons (Fsp3) is 0.381. The second kappa shape index (κ2) is 10.1. The molecule has 0 radical (unpaired) electrons. The third-order valence-electron chi connectivity index (χ3n) is 4.27. The van der Waals surface area contributed by atoms with E-state index in [1.54, 1.807) is 24.3 Å². The first kappa shape index (κ1) is 21.8. The van der Waals surface area contributed by atoms with E-state index < -0.39 is 10.0 Å². The van der Waals surface area contributed by atoms with Crippen molar-refractivity contribution in [3.63, 3.8) is 0 Å². The fourth-order valence-corrected chi connectivity index (χ4v) is 3.92. The van der Waals surface area contributed by atoms with E-state index in [2.05, 4.69) is 5.32 Å². The molecule has 28 heavy (non-hydrogen) atoms. The van der Waals surface area contributed by atoms with Gasteiger partial charge in [-0.05, 0) is 43.5 Å². The van der Waals surface area contributed by atoms with Crippen LogP contribution in [0.2, 0.25) is 0 Å². The molecule has 0 unspecified atom stereocenters. The van der Waals surface area contributed by atoms with E-state index in [4.69, 9.17) is 4.74 Å². The molecule has 152 valence electrons. The van der Waals surface area contributed by atoms with Crippen molar-refractivity contribution in [2.75, 3.05) is 29.0 Å². The number of carbonyl (C=O) groups excluding carboxylic acids is 1. The Morgan fingerprint density at radius 1 is 1.07 bits per heavy atom. The molecule has 0 aliphatic carbocycles. The Morgan fingerprint density at radius 3 is 2.43 bits per heavy atom. The number of carbonyl (C=O) groups is 1. The first-order chi connectivity index (χ1) is 13.4. The van der Waals surface area contributed by atoms with Crippen LogP contribution >= 0.6 is 0 Å². The number of amides is 1. The van der Waals surface area contributed by atoms with Crippen molar-refractivity contribution >= 4 is 27.3 Å². The maximum atomic E-state index is 12.3. The van der Waals surface area contributed by atoms with Crippen LogP contribution in [-0.4, -0.2) is 33.7 Å². The van der Waals surface area contributed by atoms with Crippen molar-refractivity contribution in [1.29, 1.82) is 0 Å². The normalized spacial score (nSPS) is 11.1. The van der Waals surface area contributed by atoms with Crippen LogP contribution in [0.3, 0.4) is 0 Å². The molecule has 2 aromatic carbocycles. The monoisotopic (exact) mass is 404 g/mol. The Morgan fingerprint density at radius 2 is 1.75 bits per heavy atom. The summed E-state index contributed by atoms with van der Waals surface area (Å²) in [6, 6.07) is 14.7. The Bertz CT molecular complexity index is 897. The van der Waals surface area contributed by atoms with Gasteiger partial charge in [-0.15, -0.1) is 0 Å². The largest absolute Gasteiger partial charge is 0.492 e. The quantitative estimate of drug-likeness (QED) is 0.653. The van der Waals surface area contributed by atoms with Crippen LogP contribution in [0.15, 0.2) is 48.5 Å². The number of nitrogens with zero attached hydrogens (tertiary/aromatic N) is 1. The summed E-state index contributed by atoms with van der Waals surface area (Å²) in [5, 5.41) is 2.91. The lowest BCUT2D eigenvalue weighted by molar-refractivity contribution is -0.116. The molecule has 0 bridgehead atoms. The predicted molar refractivity (Wildman–Crippen MR) is 113 cm³/mol. The van der Waals surface area contributed by atoms with Crippen LogP contribution in [0.4, 0.5) is 11.4 Å². The van der Waals surface area contributed by atoms with Crippen molar-refractivity contribution in [3.8, 4) is 5.75 Å². The fourth-order valence-electron chi connectivity index (χ4n) is 2.95. The van der Waals surface area contributed by atoms with E-state index in [0.29, 0.717) is 24.5 Å². The van der Waals surface area contributed by atoms with Crippen LogP contribution in [0.5, 0.6) is 5.75 Å². The Kier molecular flexibility index (Phi) is 7.87. The first-order valence-corrected chi connectivity index (χ1v) is 11.3. The molecule has 1 amide bonds. The molecule has 1 N–H and O–H groups in total. The van der Waals surface area contributed by atoms with E-state index in [1.807, 2.05) is 38.1 Å². The zero-order valence-corrected chi connectivity index (χ0v) is 17.5. The number of hydrogen-bond donors (Lipinski definition) is 1. The van der Waals surface area contributed by atoms with Crippen LogP contribution in [-0.2, 0) is 21.2 Å². The van der Waals surface area contributed by atoms with Crippen molar-refractivity contribution in [1.82, 2.24) is 0 Å². The molecule has 0 atom stereocenters. The SMILES string of the molecule is CCOc1ccccc1N(CCCC(=O)Nc1ccccc1CC)S(C)(=O)=O. The summed E-state index contributed by atoms with van der Waals surface area (Å²) < 4.78 is 31.5. The summed E-state index contributed by atoms with van der Waals surface area (Å²) in [7, 11) is -3.50. The molecule has 0 saturated heterocycles. The van der Waals surface area contributed by atoms with Gasteiger partial charge in [-0.3, -0.25) is 9.10 Å². The smallest absolute Gasteiger partial charge is 0.232 e. The minimum Gasteiger partial charge on any atom is -0.492 e. The van der Waals surface area contributed by atoms with E-state index in [9.17, 15) is 13.2 Å². The third-order valence-corrected chi connectivity index (χ3v) is 5.45. The summed E-state index contributed by atoms with van der Waals surface area (Å²) in [6.45, 7) is 4.52. The number of anilines is 2. The van der Waals surface area contributed by atoms with E-state index in [1.165, 1.54) is 4.31 Å². The predicted octanol–water partition coefficient (Wildman–Crippen LogP) is 3.83. The molecule has 0 spiro atoms. The number of aryl methyl sites for hydroxylation is 1. The highest BCUT2D eigenvalue weighted by molar-refractivity contribution is 7.92. The van der Waals surface area contributed by atoms with Gasteiger partial charge < -0.3 is 10.1 Å². The number of benzene rings is 2. The van der Waals surface area contributed by atoms with Crippen molar-refractivity contribution in [2.24, 2.45) is 0 Å². The lowest BCUT2D eigenvalue weighted by atomic mass is 10.1. The lowest BCUT2D eigenvalue weighted by Crippen LogP contribution is -2.32. The van der Waals surface area contributed by atoms with Gasteiger partial charge in [0.15, 0.2) is 0 Å². The number of sulfonamides is 1. The zero-order chi connectivity index (χ0) is 20.6. The molecule has 2 aromatic rings. The summed E-state index contributed by atoms with van der Waals surface area (Å²) >= 11 is 0. The van der Waals surface area contributed by atoms with Crippen molar-refractivity contribution in [3.05, 3.63) is 54.1 Å². The number of para-hydroxylation sites is 3. The third kappa shape index (κ3) is 5.99. The minimum atomic E-state index is -3.50. The summed E-state index contributed by atoms with van der Waals surface area (Å²) in [5.74, 6) is 0.379. The Hall–Kier alpha value is -2.54. The highest BCUT2D eigenvalue weighted by atomic mass is 32.2. The maximum absolute atomic E-state index is 12.3. The number of rotatable bonds is 10. The molecule has 0 saturated carbocycles. The van der Waals surface area contributed by atoms with Crippen LogP contribution < -0.4 is 14.4 Å². The standard InChI is InChI=1S/C21H28N2O4S/c1-4-17-11-6-7-12-18(17)22-21(24)15-10-16-23(28(3,25)26)19-13-8-9-14-20(19)27-5-2/h6-9,11-14H,4-5,10,15-16H2,1-3H3,(H,22,24). The average molecular weight is 405 g/mol. The van der Waals surface area contributed by atoms with E-state index >= 15 is 0 Å². The average Bonchev–Trinajstić information content (AvgIpc) is 2.66. The van der Waals surface area contributed by atoms with Gasteiger partial charge in [-0.1, -0.05) is 37.3 Å². The highest BCUT2D eigenvalue weighted by Gasteiger charge is 2.21. The molecule has 0 aromatic heterocycles. The minimum absolute atomic E-state index is 0.132. The highest BCUT2D eigenvalue weighted by Crippen LogP contribution is 2.30. The zero-order valence-electron chi connectivity index (χ0n) is 16.6. The Balaban J connectivity index is 2.04. The molecule has 0 heterocycles. The summed E-state index contributed by atoms with van der Waals surface area (Å²) in [4.78, 5) is 12.3. The van der Waals surface area contributed by atoms with Crippen LogP contribution in [0, 0.1) is 0 Å². The molecule has 6 nitrogen and oxygen atoms in total. The maximum Gasteiger partial charge on any atom is 0.232 e. The number of ether oxygens (including phenoxy) is 1. The Labute approximate surface area is 167 Å². The van der Waals surface area contributed by atoms with Crippen LogP contribution in [0.1, 0.15) is 32.3 Å². The lowest BCUT2D eigenvalue weighted by Gasteiger charge is -2.24. The summed E-state index contributed by atoms with van der Waals surface area (Å²) in [5.41, 5.74) is 2.36. The van der Waals surface area contributed by atoms with Gasteiger partial charge in [-0.25, -0.2) is 8.42 Å². The number of hydrogen-bond acceptors (Lipinski definition) is 4. The number of nitrogens with one attached hydrogen (secondary N) is 1. The second-order valence-electron chi connectivity index (χ2n) is 6.40. The van der Waals surface area contributed by atoms with Gasteiger partial charge in [0.2, 0.25) is 15.9 Å². The summed E-state index contributed by atoms with van der Waals surface area (Å²) in [6.07, 6.45) is 2.61. The van der Waals surface area contributed by atoms with Gasteiger partial charge in [0, 0.05) is 18.7 Å². The van der Waals surface area contributed by atoms with Gasteiger partial charge in [-0.2, -0.15) is 0 Å². The molecule has 0 aliphatic heterocycles. The van der Waals surface area contributed by atoms with Gasteiger partial charge in [0.25, 0.3) is 0 Å². The van der Waals surface area contributed by atoms with E-state index in [-0.39, 0.29) is 18.9 Å². The first-order valence-electron chi connectivity index (χ1n) is 9.44. The molecular weight excluding hydrogens is 376 g/mol. The molecule has 2 rings (SSSR count).